The maximum absolute atomic E-state index is 10.2. The van der Waals surface area contributed by atoms with Gasteiger partial charge in [-0.05, 0) is 32.6 Å². The highest BCUT2D eigenvalue weighted by molar-refractivity contribution is 4.89. The predicted octanol–water partition coefficient (Wildman–Crippen LogP) is 1.70. The second kappa shape index (κ2) is 5.28. The highest BCUT2D eigenvalue weighted by atomic mass is 16.5. The first kappa shape index (κ1) is 12.9. The van der Waals surface area contributed by atoms with E-state index in [9.17, 15) is 5.11 Å². The second-order valence-electron chi connectivity index (χ2n) is 5.00. The van der Waals surface area contributed by atoms with Gasteiger partial charge < -0.3 is 15.2 Å². The molecule has 0 aliphatic carbocycles. The van der Waals surface area contributed by atoms with Gasteiger partial charge in [-0.3, -0.25) is 0 Å². The maximum atomic E-state index is 10.2. The zero-order valence-corrected chi connectivity index (χ0v) is 10.3. The molecule has 1 rings (SSSR count). The van der Waals surface area contributed by atoms with Crippen LogP contribution in [-0.4, -0.2) is 36.0 Å². The van der Waals surface area contributed by atoms with Crippen LogP contribution in [0.15, 0.2) is 0 Å². The average molecular weight is 215 g/mol. The van der Waals surface area contributed by atoms with Gasteiger partial charge in [0, 0.05) is 18.7 Å². The third-order valence-corrected chi connectivity index (χ3v) is 3.60. The van der Waals surface area contributed by atoms with Crippen molar-refractivity contribution in [3.05, 3.63) is 0 Å². The smallest absolute Gasteiger partial charge is 0.0766 e. The predicted molar refractivity (Wildman–Crippen MR) is 62.0 cm³/mol. The molecule has 0 amide bonds. The lowest BCUT2D eigenvalue weighted by molar-refractivity contribution is -0.00582. The minimum Gasteiger partial charge on any atom is -0.389 e. The molecule has 15 heavy (non-hydrogen) atoms. The lowest BCUT2D eigenvalue weighted by Crippen LogP contribution is -2.54. The molecular weight excluding hydrogens is 190 g/mol. The van der Waals surface area contributed by atoms with Gasteiger partial charge in [0.1, 0.15) is 0 Å². The van der Waals surface area contributed by atoms with Crippen molar-refractivity contribution in [2.24, 2.45) is 0 Å². The fourth-order valence-corrected chi connectivity index (χ4v) is 1.95. The summed E-state index contributed by atoms with van der Waals surface area (Å²) < 4.78 is 5.47. The van der Waals surface area contributed by atoms with Crippen LogP contribution in [0.4, 0.5) is 0 Å². The van der Waals surface area contributed by atoms with Crippen LogP contribution in [0.5, 0.6) is 0 Å². The minimum atomic E-state index is -0.555. The molecule has 0 spiro atoms. The van der Waals surface area contributed by atoms with Crippen molar-refractivity contribution in [2.75, 3.05) is 19.8 Å². The first-order valence-electron chi connectivity index (χ1n) is 6.09. The van der Waals surface area contributed by atoms with E-state index in [-0.39, 0.29) is 5.54 Å². The first-order chi connectivity index (χ1) is 7.04. The molecular formula is C12H25NO2. The van der Waals surface area contributed by atoms with E-state index in [1.165, 1.54) is 0 Å². The number of β-amino-alcohol motifs (C(OH)–C–C–N with tert-alkyl or cyclic N) is 1. The van der Waals surface area contributed by atoms with Crippen LogP contribution in [0.25, 0.3) is 0 Å². The Morgan fingerprint density at radius 3 is 2.53 bits per heavy atom. The molecule has 1 saturated heterocycles. The number of hydrogen-bond acceptors (Lipinski definition) is 3. The Morgan fingerprint density at radius 2 is 2.07 bits per heavy atom. The summed E-state index contributed by atoms with van der Waals surface area (Å²) in [7, 11) is 0. The molecule has 1 atom stereocenters. The minimum absolute atomic E-state index is 0.0522. The Bertz CT molecular complexity index is 184. The van der Waals surface area contributed by atoms with Gasteiger partial charge in [0.2, 0.25) is 0 Å². The van der Waals surface area contributed by atoms with Crippen molar-refractivity contribution < 1.29 is 9.84 Å². The average Bonchev–Trinajstić information content (AvgIpc) is 2.27. The molecule has 0 aromatic carbocycles. The second-order valence-corrected chi connectivity index (χ2v) is 5.00. The molecule has 1 aliphatic heterocycles. The van der Waals surface area contributed by atoms with Gasteiger partial charge in [-0.2, -0.15) is 0 Å². The third-order valence-electron chi connectivity index (χ3n) is 3.60. The van der Waals surface area contributed by atoms with E-state index >= 15 is 0 Å². The van der Waals surface area contributed by atoms with Gasteiger partial charge in [-0.1, -0.05) is 13.8 Å². The zero-order chi connectivity index (χ0) is 11.4. The molecule has 2 N–H and O–H groups in total. The van der Waals surface area contributed by atoms with Gasteiger partial charge >= 0.3 is 0 Å². The summed E-state index contributed by atoms with van der Waals surface area (Å²) >= 11 is 0. The fraction of sp³-hybridized carbons (Fsp3) is 1.00. The number of ether oxygens (including phenoxy) is 1. The summed E-state index contributed by atoms with van der Waals surface area (Å²) in [4.78, 5) is 0. The van der Waals surface area contributed by atoms with E-state index in [0.717, 1.165) is 38.9 Å². The Labute approximate surface area is 93.2 Å². The summed E-state index contributed by atoms with van der Waals surface area (Å²) in [6.07, 6.45) is 3.84. The normalized spacial score (nSPS) is 28.0. The van der Waals surface area contributed by atoms with E-state index in [2.05, 4.69) is 12.2 Å². The molecule has 1 fully saturated rings. The van der Waals surface area contributed by atoms with Gasteiger partial charge in [0.15, 0.2) is 0 Å². The van der Waals surface area contributed by atoms with Gasteiger partial charge in [0.25, 0.3) is 0 Å². The SMILES string of the molecule is CCC(O)(CC)CNC1(C)CCCOC1. The standard InChI is InChI=1S/C12H25NO2/c1-4-12(14,5-2)9-13-11(3)7-6-8-15-10-11/h13-14H,4-10H2,1-3H3. The summed E-state index contributed by atoms with van der Waals surface area (Å²) in [6.45, 7) is 8.55. The van der Waals surface area contributed by atoms with E-state index in [0.29, 0.717) is 6.54 Å². The zero-order valence-electron chi connectivity index (χ0n) is 10.3. The lowest BCUT2D eigenvalue weighted by atomic mass is 9.91. The van der Waals surface area contributed by atoms with E-state index < -0.39 is 5.60 Å². The quantitative estimate of drug-likeness (QED) is 0.733. The van der Waals surface area contributed by atoms with Crippen LogP contribution in [0.1, 0.15) is 46.5 Å². The molecule has 0 bridgehead atoms. The van der Waals surface area contributed by atoms with Crippen LogP contribution in [-0.2, 0) is 4.74 Å². The highest BCUT2D eigenvalue weighted by Crippen LogP contribution is 2.20. The Morgan fingerprint density at radius 1 is 1.40 bits per heavy atom. The maximum Gasteiger partial charge on any atom is 0.0766 e. The third kappa shape index (κ3) is 3.74. The Kier molecular flexibility index (Phi) is 4.56. The van der Waals surface area contributed by atoms with Gasteiger partial charge in [-0.15, -0.1) is 0 Å². The largest absolute Gasteiger partial charge is 0.389 e. The van der Waals surface area contributed by atoms with Crippen molar-refractivity contribution in [1.29, 1.82) is 0 Å². The topological polar surface area (TPSA) is 41.5 Å². The van der Waals surface area contributed by atoms with Crippen molar-refractivity contribution in [3.63, 3.8) is 0 Å². The fourth-order valence-electron chi connectivity index (χ4n) is 1.95. The summed E-state index contributed by atoms with van der Waals surface area (Å²) in [5.41, 5.74) is -0.503. The Balaban J connectivity index is 2.40. The van der Waals surface area contributed by atoms with Crippen molar-refractivity contribution in [1.82, 2.24) is 5.32 Å². The molecule has 3 nitrogen and oxygen atoms in total. The summed E-state index contributed by atoms with van der Waals surface area (Å²) in [5, 5.41) is 13.6. The van der Waals surface area contributed by atoms with Gasteiger partial charge in [-0.25, -0.2) is 0 Å². The molecule has 1 aliphatic rings. The number of rotatable bonds is 5. The van der Waals surface area contributed by atoms with E-state index in [1.807, 2.05) is 13.8 Å². The van der Waals surface area contributed by atoms with E-state index in [1.54, 1.807) is 0 Å². The molecule has 90 valence electrons. The molecule has 1 unspecified atom stereocenters. The highest BCUT2D eigenvalue weighted by Gasteiger charge is 2.31. The number of hydrogen-bond donors (Lipinski definition) is 2. The molecule has 0 radical (unpaired) electrons. The van der Waals surface area contributed by atoms with Crippen LogP contribution >= 0.6 is 0 Å². The van der Waals surface area contributed by atoms with Crippen LogP contribution < -0.4 is 5.32 Å². The van der Waals surface area contributed by atoms with Crippen LogP contribution in [0.2, 0.25) is 0 Å². The molecule has 0 aromatic rings. The number of aliphatic hydroxyl groups is 1. The summed E-state index contributed by atoms with van der Waals surface area (Å²) in [6, 6.07) is 0. The summed E-state index contributed by atoms with van der Waals surface area (Å²) in [5.74, 6) is 0. The monoisotopic (exact) mass is 215 g/mol. The molecule has 1 heterocycles. The lowest BCUT2D eigenvalue weighted by Gasteiger charge is -2.38. The van der Waals surface area contributed by atoms with E-state index in [4.69, 9.17) is 4.74 Å². The Hall–Kier alpha value is -0.120. The van der Waals surface area contributed by atoms with Crippen LogP contribution in [0.3, 0.4) is 0 Å². The van der Waals surface area contributed by atoms with Crippen LogP contribution in [0, 0.1) is 0 Å². The van der Waals surface area contributed by atoms with Crippen molar-refractivity contribution >= 4 is 0 Å². The van der Waals surface area contributed by atoms with Crippen molar-refractivity contribution in [2.45, 2.75) is 57.6 Å². The van der Waals surface area contributed by atoms with Gasteiger partial charge in [0.05, 0.1) is 12.2 Å². The molecule has 0 aromatic heterocycles. The first-order valence-corrected chi connectivity index (χ1v) is 6.09. The molecule has 3 heteroatoms. The number of nitrogens with one attached hydrogen (secondary N) is 1. The molecule has 0 saturated carbocycles. The van der Waals surface area contributed by atoms with Crippen molar-refractivity contribution in [3.8, 4) is 0 Å².